The number of aryl methyl sites for hydroxylation is 1. The highest BCUT2D eigenvalue weighted by Crippen LogP contribution is 2.15. The van der Waals surface area contributed by atoms with E-state index in [4.69, 9.17) is 11.6 Å². The Balaban J connectivity index is 2.89. The molecule has 0 amide bonds. The molecule has 2 aromatic rings. The summed E-state index contributed by atoms with van der Waals surface area (Å²) in [6.07, 6.45) is 0. The summed E-state index contributed by atoms with van der Waals surface area (Å²) >= 11 is 5.41. The van der Waals surface area contributed by atoms with Crippen LogP contribution in [0.5, 0.6) is 0 Å². The molecule has 0 saturated heterocycles. The van der Waals surface area contributed by atoms with Crippen molar-refractivity contribution in [3.05, 3.63) is 61.1 Å². The van der Waals surface area contributed by atoms with Crippen molar-refractivity contribution in [2.75, 3.05) is 0 Å². The first-order valence-electron chi connectivity index (χ1n) is 5.20. The number of nitrogens with zero attached hydrogens (tertiary/aromatic N) is 1. The molecule has 1 aromatic heterocycles. The van der Waals surface area contributed by atoms with Crippen molar-refractivity contribution in [3.8, 4) is 5.69 Å². The van der Waals surface area contributed by atoms with Gasteiger partial charge in [-0.05, 0) is 31.0 Å². The van der Waals surface area contributed by atoms with Gasteiger partial charge < -0.3 is 0 Å². The highest BCUT2D eigenvalue weighted by Gasteiger charge is 2.15. The second-order valence-corrected chi connectivity index (χ2v) is 4.30. The lowest BCUT2D eigenvalue weighted by molar-refractivity contribution is 0.584. The first-order valence-corrected chi connectivity index (χ1v) is 5.58. The monoisotopic (exact) mass is 268 g/mol. The summed E-state index contributed by atoms with van der Waals surface area (Å²) in [6, 6.07) is 5.10. The van der Waals surface area contributed by atoms with Crippen LogP contribution in [0.2, 0.25) is 5.15 Å². The number of rotatable bonds is 1. The molecule has 94 valence electrons. The fraction of sp³-hybridized carbons (Fsp3) is 0.167. The van der Waals surface area contributed by atoms with Gasteiger partial charge in [0.15, 0.2) is 5.15 Å². The second-order valence-electron chi connectivity index (χ2n) is 3.92. The average Bonchev–Trinajstić information content (AvgIpc) is 2.32. The average molecular weight is 269 g/mol. The second kappa shape index (κ2) is 4.42. The van der Waals surface area contributed by atoms with Gasteiger partial charge in [0.1, 0.15) is 0 Å². The molecule has 0 radical (unpaired) electrons. The SMILES string of the molecule is Cc1cccc(-n2c(=O)[nH]c(Cl)c(F)c2=O)c1C. The fourth-order valence-corrected chi connectivity index (χ4v) is 1.85. The Morgan fingerprint density at radius 3 is 2.61 bits per heavy atom. The van der Waals surface area contributed by atoms with E-state index in [1.54, 1.807) is 19.1 Å². The fourth-order valence-electron chi connectivity index (χ4n) is 1.69. The standard InChI is InChI=1S/C12H10ClFN2O2/c1-6-4-3-5-8(7(6)2)16-11(17)9(14)10(13)15-12(16)18/h3-5H,1-2H3,(H,15,18). The molecule has 0 aliphatic heterocycles. The lowest BCUT2D eigenvalue weighted by Crippen LogP contribution is -2.36. The number of nitrogens with one attached hydrogen (secondary N) is 1. The number of benzene rings is 1. The van der Waals surface area contributed by atoms with Gasteiger partial charge in [0, 0.05) is 0 Å². The third kappa shape index (κ3) is 1.86. The zero-order valence-corrected chi connectivity index (χ0v) is 10.5. The van der Waals surface area contributed by atoms with Gasteiger partial charge in [-0.3, -0.25) is 9.78 Å². The summed E-state index contributed by atoms with van der Waals surface area (Å²) in [7, 11) is 0. The van der Waals surface area contributed by atoms with Crippen molar-refractivity contribution in [3.63, 3.8) is 0 Å². The summed E-state index contributed by atoms with van der Waals surface area (Å²) in [4.78, 5) is 25.6. The smallest absolute Gasteiger partial charge is 0.295 e. The van der Waals surface area contributed by atoms with Crippen LogP contribution >= 0.6 is 11.6 Å². The molecule has 0 atom stereocenters. The molecule has 2 rings (SSSR count). The van der Waals surface area contributed by atoms with Gasteiger partial charge >= 0.3 is 5.69 Å². The van der Waals surface area contributed by atoms with E-state index < -0.39 is 22.2 Å². The van der Waals surface area contributed by atoms with Crippen molar-refractivity contribution < 1.29 is 4.39 Å². The van der Waals surface area contributed by atoms with Crippen LogP contribution < -0.4 is 11.2 Å². The Kier molecular flexibility index (Phi) is 3.09. The summed E-state index contributed by atoms with van der Waals surface area (Å²) in [6.45, 7) is 3.59. The summed E-state index contributed by atoms with van der Waals surface area (Å²) in [5, 5.41) is -0.577. The van der Waals surface area contributed by atoms with Crippen LogP contribution in [0.4, 0.5) is 4.39 Å². The maximum atomic E-state index is 13.5. The van der Waals surface area contributed by atoms with Gasteiger partial charge in [-0.25, -0.2) is 9.36 Å². The van der Waals surface area contributed by atoms with Crippen molar-refractivity contribution in [2.45, 2.75) is 13.8 Å². The number of H-pyrrole nitrogens is 1. The molecule has 0 aliphatic rings. The Labute approximate surface area is 107 Å². The Morgan fingerprint density at radius 1 is 1.28 bits per heavy atom. The van der Waals surface area contributed by atoms with Crippen molar-refractivity contribution >= 4 is 11.6 Å². The summed E-state index contributed by atoms with van der Waals surface area (Å²) in [5.74, 6) is -1.17. The first kappa shape index (κ1) is 12.6. The van der Waals surface area contributed by atoms with Crippen LogP contribution in [0, 0.1) is 19.7 Å². The maximum absolute atomic E-state index is 13.5. The molecule has 0 unspecified atom stereocenters. The number of hydrogen-bond acceptors (Lipinski definition) is 2. The summed E-state index contributed by atoms with van der Waals surface area (Å²) < 4.78 is 14.2. The van der Waals surface area contributed by atoms with Gasteiger partial charge in [-0.1, -0.05) is 23.7 Å². The van der Waals surface area contributed by atoms with Gasteiger partial charge in [0.05, 0.1) is 5.69 Å². The normalized spacial score (nSPS) is 10.7. The molecular formula is C12H10ClFN2O2. The highest BCUT2D eigenvalue weighted by atomic mass is 35.5. The van der Waals surface area contributed by atoms with E-state index in [9.17, 15) is 14.0 Å². The van der Waals surface area contributed by atoms with E-state index in [0.29, 0.717) is 5.69 Å². The minimum Gasteiger partial charge on any atom is -0.295 e. The minimum atomic E-state index is -1.17. The number of hydrogen-bond donors (Lipinski definition) is 1. The lowest BCUT2D eigenvalue weighted by atomic mass is 10.1. The Morgan fingerprint density at radius 2 is 1.94 bits per heavy atom. The van der Waals surface area contributed by atoms with Crippen molar-refractivity contribution in [2.24, 2.45) is 0 Å². The van der Waals surface area contributed by atoms with Crippen LogP contribution in [-0.4, -0.2) is 9.55 Å². The third-order valence-corrected chi connectivity index (χ3v) is 3.08. The Bertz CT molecular complexity index is 734. The molecule has 0 spiro atoms. The highest BCUT2D eigenvalue weighted by molar-refractivity contribution is 6.29. The molecule has 6 heteroatoms. The molecule has 18 heavy (non-hydrogen) atoms. The van der Waals surface area contributed by atoms with Gasteiger partial charge in [0.2, 0.25) is 5.82 Å². The number of aromatic amines is 1. The molecule has 0 fully saturated rings. The topological polar surface area (TPSA) is 54.9 Å². The zero-order chi connectivity index (χ0) is 13.4. The molecule has 0 bridgehead atoms. The largest absolute Gasteiger partial charge is 0.334 e. The van der Waals surface area contributed by atoms with Crippen molar-refractivity contribution in [1.82, 2.24) is 9.55 Å². The quantitative estimate of drug-likeness (QED) is 0.804. The van der Waals surface area contributed by atoms with E-state index in [1.165, 1.54) is 0 Å². The van der Waals surface area contributed by atoms with Crippen LogP contribution in [0.25, 0.3) is 5.69 Å². The molecule has 1 heterocycles. The Hall–Kier alpha value is -1.88. The van der Waals surface area contributed by atoms with E-state index in [1.807, 2.05) is 13.0 Å². The van der Waals surface area contributed by atoms with Crippen LogP contribution in [0.1, 0.15) is 11.1 Å². The number of aromatic nitrogens is 2. The van der Waals surface area contributed by atoms with E-state index in [-0.39, 0.29) is 0 Å². The zero-order valence-electron chi connectivity index (χ0n) is 9.75. The predicted molar refractivity (Wildman–Crippen MR) is 67.1 cm³/mol. The third-order valence-electron chi connectivity index (χ3n) is 2.82. The van der Waals surface area contributed by atoms with Gasteiger partial charge in [-0.15, -0.1) is 0 Å². The number of halogens is 2. The van der Waals surface area contributed by atoms with Gasteiger partial charge in [0.25, 0.3) is 5.56 Å². The molecule has 1 aromatic carbocycles. The van der Waals surface area contributed by atoms with E-state index in [2.05, 4.69) is 4.98 Å². The molecule has 4 nitrogen and oxygen atoms in total. The predicted octanol–water partition coefficient (Wildman–Crippen LogP) is 1.94. The van der Waals surface area contributed by atoms with E-state index >= 15 is 0 Å². The molecular weight excluding hydrogens is 259 g/mol. The van der Waals surface area contributed by atoms with Crippen LogP contribution in [-0.2, 0) is 0 Å². The van der Waals surface area contributed by atoms with Crippen LogP contribution in [0.3, 0.4) is 0 Å². The van der Waals surface area contributed by atoms with E-state index in [0.717, 1.165) is 15.7 Å². The molecule has 0 aliphatic carbocycles. The lowest BCUT2D eigenvalue weighted by Gasteiger charge is -2.10. The maximum Gasteiger partial charge on any atom is 0.334 e. The van der Waals surface area contributed by atoms with Crippen molar-refractivity contribution in [1.29, 1.82) is 0 Å². The van der Waals surface area contributed by atoms with Crippen LogP contribution in [0.15, 0.2) is 27.8 Å². The summed E-state index contributed by atoms with van der Waals surface area (Å²) in [5.41, 5.74) is 0.148. The van der Waals surface area contributed by atoms with Gasteiger partial charge in [-0.2, -0.15) is 4.39 Å². The molecule has 1 N–H and O–H groups in total. The minimum absolute atomic E-state index is 0.344. The molecule has 0 saturated carbocycles. The first-order chi connectivity index (χ1) is 8.43.